The molecule has 8 heteroatoms. The fraction of sp³-hybridized carbons (Fsp3) is 0.154. The van der Waals surface area contributed by atoms with Gasteiger partial charge in [-0.15, -0.1) is 22.7 Å². The molecule has 3 N–H and O–H groups in total. The molecular formula is C13H12N2O4S2. The van der Waals surface area contributed by atoms with E-state index in [2.05, 4.69) is 10.6 Å². The first kappa shape index (κ1) is 15.2. The number of nitrogens with one attached hydrogen (secondary N) is 2. The zero-order valence-corrected chi connectivity index (χ0v) is 12.6. The van der Waals surface area contributed by atoms with Gasteiger partial charge >= 0.3 is 5.97 Å². The largest absolute Gasteiger partial charge is 0.477 e. The number of carbonyl (C=O) groups is 3. The minimum Gasteiger partial charge on any atom is -0.477 e. The van der Waals surface area contributed by atoms with Gasteiger partial charge in [-0.2, -0.15) is 0 Å². The average Bonchev–Trinajstić information content (AvgIpc) is 3.09. The maximum atomic E-state index is 12.0. The number of carbonyl (C=O) groups excluding carboxylic acids is 2. The van der Waals surface area contributed by atoms with Crippen molar-refractivity contribution in [3.8, 4) is 0 Å². The van der Waals surface area contributed by atoms with E-state index in [1.54, 1.807) is 22.9 Å². The van der Waals surface area contributed by atoms with E-state index in [-0.39, 0.29) is 16.5 Å². The molecule has 0 fully saturated rings. The second-order valence-corrected chi connectivity index (χ2v) is 5.99. The van der Waals surface area contributed by atoms with Crippen molar-refractivity contribution in [3.63, 3.8) is 0 Å². The molecule has 21 heavy (non-hydrogen) atoms. The van der Waals surface area contributed by atoms with Crippen molar-refractivity contribution in [1.82, 2.24) is 5.32 Å². The summed E-state index contributed by atoms with van der Waals surface area (Å²) in [7, 11) is 0. The molecule has 0 aliphatic heterocycles. The number of amides is 2. The summed E-state index contributed by atoms with van der Waals surface area (Å²) in [5, 5.41) is 17.4. The standard InChI is InChI=1S/C13H12N2O4S2/c1-7(14-12(17)9-3-2-5-20-9)11(16)15-8-4-6-21-10(8)13(18)19/h2-7H,1H3,(H,14,17)(H,15,16)(H,18,19). The highest BCUT2D eigenvalue weighted by molar-refractivity contribution is 7.12. The maximum Gasteiger partial charge on any atom is 0.348 e. The Morgan fingerprint density at radius 2 is 1.95 bits per heavy atom. The molecule has 0 aliphatic rings. The molecular weight excluding hydrogens is 312 g/mol. The highest BCUT2D eigenvalue weighted by Gasteiger charge is 2.20. The van der Waals surface area contributed by atoms with Crippen molar-refractivity contribution >= 4 is 46.1 Å². The van der Waals surface area contributed by atoms with Crippen molar-refractivity contribution in [2.24, 2.45) is 0 Å². The summed E-state index contributed by atoms with van der Waals surface area (Å²) < 4.78 is 0. The number of rotatable bonds is 5. The van der Waals surface area contributed by atoms with Crippen LogP contribution in [0.15, 0.2) is 29.0 Å². The van der Waals surface area contributed by atoms with Crippen LogP contribution in [0.5, 0.6) is 0 Å². The normalized spacial score (nSPS) is 11.7. The van der Waals surface area contributed by atoms with Crippen LogP contribution in [0.1, 0.15) is 26.3 Å². The summed E-state index contributed by atoms with van der Waals surface area (Å²) in [5.74, 6) is -1.91. The highest BCUT2D eigenvalue weighted by atomic mass is 32.1. The molecule has 6 nitrogen and oxygen atoms in total. The van der Waals surface area contributed by atoms with Crippen molar-refractivity contribution in [2.45, 2.75) is 13.0 Å². The van der Waals surface area contributed by atoms with E-state index in [0.29, 0.717) is 4.88 Å². The summed E-state index contributed by atoms with van der Waals surface area (Å²) in [4.78, 5) is 35.3. The molecule has 2 rings (SSSR count). The number of hydrogen-bond donors (Lipinski definition) is 3. The Kier molecular flexibility index (Phi) is 4.71. The van der Waals surface area contributed by atoms with E-state index in [1.807, 2.05) is 0 Å². The van der Waals surface area contributed by atoms with Crippen LogP contribution in [0.25, 0.3) is 0 Å². The minimum atomic E-state index is -1.10. The van der Waals surface area contributed by atoms with Gasteiger partial charge in [0, 0.05) is 0 Å². The third kappa shape index (κ3) is 3.67. The van der Waals surface area contributed by atoms with Crippen LogP contribution in [-0.4, -0.2) is 28.9 Å². The molecule has 0 saturated carbocycles. The molecule has 1 atom stereocenters. The zero-order chi connectivity index (χ0) is 15.4. The smallest absolute Gasteiger partial charge is 0.348 e. The van der Waals surface area contributed by atoms with Gasteiger partial charge < -0.3 is 15.7 Å². The molecule has 2 aromatic heterocycles. The van der Waals surface area contributed by atoms with Gasteiger partial charge in [0.15, 0.2) is 0 Å². The number of anilines is 1. The predicted octanol–water partition coefficient (Wildman–Crippen LogP) is 2.26. The third-order valence-corrected chi connectivity index (χ3v) is 4.37. The summed E-state index contributed by atoms with van der Waals surface area (Å²) in [6.07, 6.45) is 0. The van der Waals surface area contributed by atoms with Crippen LogP contribution in [0, 0.1) is 0 Å². The number of hydrogen-bond acceptors (Lipinski definition) is 5. The Bertz CT molecular complexity index is 664. The lowest BCUT2D eigenvalue weighted by atomic mass is 10.2. The summed E-state index contributed by atoms with van der Waals surface area (Å²) in [5.41, 5.74) is 0.231. The van der Waals surface area contributed by atoms with Crippen LogP contribution >= 0.6 is 22.7 Å². The van der Waals surface area contributed by atoms with Crippen LogP contribution in [-0.2, 0) is 4.79 Å². The fourth-order valence-electron chi connectivity index (χ4n) is 1.56. The third-order valence-electron chi connectivity index (χ3n) is 2.60. The fourth-order valence-corrected chi connectivity index (χ4v) is 2.87. The summed E-state index contributed by atoms with van der Waals surface area (Å²) >= 11 is 2.30. The topological polar surface area (TPSA) is 95.5 Å². The van der Waals surface area contributed by atoms with Crippen molar-refractivity contribution in [2.75, 3.05) is 5.32 Å². The van der Waals surface area contributed by atoms with Crippen LogP contribution in [0.2, 0.25) is 0 Å². The van der Waals surface area contributed by atoms with E-state index >= 15 is 0 Å². The molecule has 0 bridgehead atoms. The lowest BCUT2D eigenvalue weighted by Gasteiger charge is -2.13. The van der Waals surface area contributed by atoms with Gasteiger partial charge in [0.2, 0.25) is 5.91 Å². The number of aromatic carboxylic acids is 1. The molecule has 0 spiro atoms. The van der Waals surface area contributed by atoms with Gasteiger partial charge in [0.05, 0.1) is 10.6 Å². The molecule has 1 unspecified atom stereocenters. The van der Waals surface area contributed by atoms with Gasteiger partial charge in [-0.25, -0.2) is 4.79 Å². The molecule has 2 amide bonds. The van der Waals surface area contributed by atoms with Gasteiger partial charge in [0.1, 0.15) is 10.9 Å². The van der Waals surface area contributed by atoms with Crippen molar-refractivity contribution < 1.29 is 19.5 Å². The van der Waals surface area contributed by atoms with E-state index in [4.69, 9.17) is 5.11 Å². The quantitative estimate of drug-likeness (QED) is 0.786. The number of carboxylic acids is 1. The maximum absolute atomic E-state index is 12.0. The molecule has 0 aliphatic carbocycles. The average molecular weight is 324 g/mol. The van der Waals surface area contributed by atoms with Crippen molar-refractivity contribution in [3.05, 3.63) is 38.7 Å². The Hall–Kier alpha value is -2.19. The van der Waals surface area contributed by atoms with E-state index in [0.717, 1.165) is 11.3 Å². The highest BCUT2D eigenvalue weighted by Crippen LogP contribution is 2.22. The molecule has 110 valence electrons. The monoisotopic (exact) mass is 324 g/mol. The minimum absolute atomic E-state index is 0.0557. The lowest BCUT2D eigenvalue weighted by Crippen LogP contribution is -2.41. The Morgan fingerprint density at radius 1 is 1.19 bits per heavy atom. The van der Waals surface area contributed by atoms with E-state index < -0.39 is 17.9 Å². The number of carboxylic acid groups (broad SMARTS) is 1. The molecule has 0 saturated heterocycles. The number of thiophene rings is 2. The Labute approximate surface area is 128 Å². The SMILES string of the molecule is CC(NC(=O)c1cccs1)C(=O)Nc1ccsc1C(=O)O. The van der Waals surface area contributed by atoms with Gasteiger partial charge in [-0.05, 0) is 29.8 Å². The first-order valence-electron chi connectivity index (χ1n) is 5.95. The van der Waals surface area contributed by atoms with Gasteiger partial charge in [-0.1, -0.05) is 6.07 Å². The van der Waals surface area contributed by atoms with Crippen molar-refractivity contribution in [1.29, 1.82) is 0 Å². The first-order valence-corrected chi connectivity index (χ1v) is 7.71. The van der Waals surface area contributed by atoms with E-state index in [9.17, 15) is 14.4 Å². The van der Waals surface area contributed by atoms with Crippen LogP contribution in [0.4, 0.5) is 5.69 Å². The second-order valence-electron chi connectivity index (χ2n) is 4.13. The first-order chi connectivity index (χ1) is 9.99. The van der Waals surface area contributed by atoms with E-state index in [1.165, 1.54) is 24.3 Å². The molecule has 0 radical (unpaired) electrons. The predicted molar refractivity (Wildman–Crippen MR) is 81.2 cm³/mol. The molecule has 2 aromatic rings. The van der Waals surface area contributed by atoms with Gasteiger partial charge in [0.25, 0.3) is 5.91 Å². The summed E-state index contributed by atoms with van der Waals surface area (Å²) in [6, 6.07) is 4.14. The van der Waals surface area contributed by atoms with Crippen LogP contribution in [0.3, 0.4) is 0 Å². The van der Waals surface area contributed by atoms with Crippen LogP contribution < -0.4 is 10.6 Å². The Morgan fingerprint density at radius 3 is 2.57 bits per heavy atom. The Balaban J connectivity index is 1.98. The zero-order valence-electron chi connectivity index (χ0n) is 11.0. The van der Waals surface area contributed by atoms with Gasteiger partial charge in [-0.3, -0.25) is 9.59 Å². The molecule has 0 aromatic carbocycles. The second kappa shape index (κ2) is 6.51. The summed E-state index contributed by atoms with van der Waals surface area (Å²) in [6.45, 7) is 1.54. The molecule has 2 heterocycles. The lowest BCUT2D eigenvalue weighted by molar-refractivity contribution is -0.117.